The van der Waals surface area contributed by atoms with Crippen LogP contribution in [0.3, 0.4) is 0 Å². The number of nitrogens with zero attached hydrogens (tertiary/aromatic N) is 5. The maximum absolute atomic E-state index is 6.09. The first kappa shape index (κ1) is 13.3. The van der Waals surface area contributed by atoms with Crippen molar-refractivity contribution in [1.29, 1.82) is 0 Å². The summed E-state index contributed by atoms with van der Waals surface area (Å²) >= 11 is 6.09. The molecule has 6 heteroatoms. The highest BCUT2D eigenvalue weighted by molar-refractivity contribution is 6.29. The van der Waals surface area contributed by atoms with Gasteiger partial charge in [-0.1, -0.05) is 29.8 Å². The van der Waals surface area contributed by atoms with Crippen LogP contribution in [0.1, 0.15) is 17.3 Å². The van der Waals surface area contributed by atoms with Crippen LogP contribution in [-0.4, -0.2) is 19.7 Å². The van der Waals surface area contributed by atoms with Gasteiger partial charge >= 0.3 is 0 Å². The van der Waals surface area contributed by atoms with E-state index in [9.17, 15) is 0 Å². The molecule has 22 heavy (non-hydrogen) atoms. The van der Waals surface area contributed by atoms with Crippen LogP contribution in [0.4, 0.5) is 5.69 Å². The summed E-state index contributed by atoms with van der Waals surface area (Å²) in [4.78, 5) is 6.75. The summed E-state index contributed by atoms with van der Waals surface area (Å²) < 4.78 is 2.06. The largest absolute Gasteiger partial charge is 0.358 e. The monoisotopic (exact) mass is 311 g/mol. The Balaban J connectivity index is 1.90. The van der Waals surface area contributed by atoms with E-state index in [4.69, 9.17) is 11.6 Å². The molecule has 4 rings (SSSR count). The van der Waals surface area contributed by atoms with Crippen LogP contribution < -0.4 is 4.90 Å². The van der Waals surface area contributed by atoms with Gasteiger partial charge in [0.1, 0.15) is 11.0 Å². The SMILES string of the molecule is Cc1nnc2n1-c1ccc(Cl)nc1CN(c1ccccc1)C2. The molecule has 0 amide bonds. The van der Waals surface area contributed by atoms with Gasteiger partial charge in [0.05, 0.1) is 24.5 Å². The van der Waals surface area contributed by atoms with Crippen molar-refractivity contribution in [2.45, 2.75) is 20.0 Å². The van der Waals surface area contributed by atoms with Gasteiger partial charge in [-0.25, -0.2) is 4.98 Å². The van der Waals surface area contributed by atoms with E-state index in [-0.39, 0.29) is 0 Å². The summed E-state index contributed by atoms with van der Waals surface area (Å²) in [6.07, 6.45) is 0. The highest BCUT2D eigenvalue weighted by Crippen LogP contribution is 2.28. The van der Waals surface area contributed by atoms with E-state index in [1.54, 1.807) is 0 Å². The first-order chi connectivity index (χ1) is 10.7. The molecule has 0 fully saturated rings. The molecule has 110 valence electrons. The van der Waals surface area contributed by atoms with Crippen LogP contribution in [0.2, 0.25) is 5.15 Å². The number of aryl methyl sites for hydroxylation is 1. The van der Waals surface area contributed by atoms with E-state index >= 15 is 0 Å². The van der Waals surface area contributed by atoms with Crippen molar-refractivity contribution in [1.82, 2.24) is 19.7 Å². The lowest BCUT2D eigenvalue weighted by atomic mass is 10.2. The van der Waals surface area contributed by atoms with Crippen LogP contribution in [0.15, 0.2) is 42.5 Å². The third-order valence-corrected chi connectivity index (χ3v) is 4.05. The van der Waals surface area contributed by atoms with Gasteiger partial charge in [0.2, 0.25) is 0 Å². The van der Waals surface area contributed by atoms with E-state index < -0.39 is 0 Å². The van der Waals surface area contributed by atoms with Crippen LogP contribution >= 0.6 is 11.6 Å². The molecule has 1 aliphatic heterocycles. The fourth-order valence-electron chi connectivity index (χ4n) is 2.84. The molecule has 0 saturated carbocycles. The lowest BCUT2D eigenvalue weighted by molar-refractivity contribution is 0.760. The molecular formula is C16H14ClN5. The summed E-state index contributed by atoms with van der Waals surface area (Å²) in [6.45, 7) is 3.31. The Morgan fingerprint density at radius 3 is 2.64 bits per heavy atom. The van der Waals surface area contributed by atoms with Crippen molar-refractivity contribution in [3.05, 3.63) is 65.0 Å². The third-order valence-electron chi connectivity index (χ3n) is 3.84. The molecule has 0 N–H and O–H groups in total. The molecule has 3 heterocycles. The minimum absolute atomic E-state index is 0.501. The molecule has 1 aliphatic rings. The van der Waals surface area contributed by atoms with Crippen molar-refractivity contribution >= 4 is 17.3 Å². The number of benzene rings is 1. The molecule has 0 unspecified atom stereocenters. The standard InChI is InChI=1S/C16H14ClN5/c1-11-19-20-16-10-21(12-5-3-2-4-6-12)9-13-14(22(11)16)7-8-15(17)18-13/h2-8H,9-10H2,1H3. The molecule has 1 aromatic carbocycles. The maximum atomic E-state index is 6.09. The zero-order chi connectivity index (χ0) is 15.1. The fourth-order valence-corrected chi connectivity index (χ4v) is 3.00. The Kier molecular flexibility index (Phi) is 3.08. The number of para-hydroxylation sites is 1. The molecule has 5 nitrogen and oxygen atoms in total. The van der Waals surface area contributed by atoms with Gasteiger partial charge in [-0.3, -0.25) is 4.57 Å². The first-order valence-electron chi connectivity index (χ1n) is 7.09. The number of halogens is 1. The molecule has 0 atom stereocenters. The van der Waals surface area contributed by atoms with E-state index in [0.29, 0.717) is 18.2 Å². The number of fused-ring (bicyclic) bond motifs is 3. The quantitative estimate of drug-likeness (QED) is 0.648. The second-order valence-electron chi connectivity index (χ2n) is 5.29. The number of pyridine rings is 1. The van der Waals surface area contributed by atoms with Gasteiger partial charge in [0.15, 0.2) is 5.82 Å². The highest BCUT2D eigenvalue weighted by Gasteiger charge is 2.23. The van der Waals surface area contributed by atoms with Crippen LogP contribution in [0.25, 0.3) is 5.69 Å². The number of hydrogen-bond acceptors (Lipinski definition) is 4. The molecule has 2 aromatic heterocycles. The summed E-state index contributed by atoms with van der Waals surface area (Å²) in [5, 5.41) is 9.04. The Labute approximate surface area is 133 Å². The van der Waals surface area contributed by atoms with Crippen LogP contribution in [0.5, 0.6) is 0 Å². The van der Waals surface area contributed by atoms with Gasteiger partial charge in [-0.15, -0.1) is 10.2 Å². The van der Waals surface area contributed by atoms with E-state index in [1.165, 1.54) is 0 Å². The molecule has 3 aromatic rings. The first-order valence-corrected chi connectivity index (χ1v) is 7.47. The predicted molar refractivity (Wildman–Crippen MR) is 85.2 cm³/mol. The second-order valence-corrected chi connectivity index (χ2v) is 5.68. The molecule has 0 spiro atoms. The number of rotatable bonds is 1. The normalized spacial score (nSPS) is 13.5. The Morgan fingerprint density at radius 1 is 1.00 bits per heavy atom. The Morgan fingerprint density at radius 2 is 1.82 bits per heavy atom. The number of hydrogen-bond donors (Lipinski definition) is 0. The molecule has 0 bridgehead atoms. The highest BCUT2D eigenvalue weighted by atomic mass is 35.5. The van der Waals surface area contributed by atoms with Crippen molar-refractivity contribution in [2.24, 2.45) is 0 Å². The van der Waals surface area contributed by atoms with Crippen molar-refractivity contribution in [2.75, 3.05) is 4.90 Å². The number of anilines is 1. The summed E-state index contributed by atoms with van der Waals surface area (Å²) in [5.41, 5.74) is 3.06. The second kappa shape index (κ2) is 5.10. The van der Waals surface area contributed by atoms with Gasteiger partial charge in [-0.2, -0.15) is 0 Å². The average Bonchev–Trinajstić information content (AvgIpc) is 2.80. The lowest BCUT2D eigenvalue weighted by Gasteiger charge is -2.21. The number of aromatic nitrogens is 4. The van der Waals surface area contributed by atoms with E-state index in [2.05, 4.69) is 36.8 Å². The van der Waals surface area contributed by atoms with Gasteiger partial charge < -0.3 is 4.90 Å². The third kappa shape index (κ3) is 2.14. The van der Waals surface area contributed by atoms with Crippen LogP contribution in [0, 0.1) is 6.92 Å². The summed E-state index contributed by atoms with van der Waals surface area (Å²) in [5.74, 6) is 1.76. The Bertz CT molecular complexity index is 828. The maximum Gasteiger partial charge on any atom is 0.157 e. The molecule has 0 aliphatic carbocycles. The van der Waals surface area contributed by atoms with Crippen LogP contribution in [-0.2, 0) is 13.1 Å². The minimum atomic E-state index is 0.501. The van der Waals surface area contributed by atoms with Gasteiger partial charge in [0, 0.05) is 5.69 Å². The zero-order valence-electron chi connectivity index (χ0n) is 12.1. The molecule has 0 saturated heterocycles. The minimum Gasteiger partial charge on any atom is -0.358 e. The van der Waals surface area contributed by atoms with Crippen molar-refractivity contribution in [3.63, 3.8) is 0 Å². The summed E-state index contributed by atoms with van der Waals surface area (Å²) in [6, 6.07) is 14.0. The fraction of sp³-hybridized carbons (Fsp3) is 0.188. The molecule has 0 radical (unpaired) electrons. The average molecular weight is 312 g/mol. The van der Waals surface area contributed by atoms with Crippen molar-refractivity contribution in [3.8, 4) is 5.69 Å². The topological polar surface area (TPSA) is 46.8 Å². The predicted octanol–water partition coefficient (Wildman–Crippen LogP) is 3.14. The summed E-state index contributed by atoms with van der Waals surface area (Å²) in [7, 11) is 0. The van der Waals surface area contributed by atoms with Gasteiger partial charge in [-0.05, 0) is 31.2 Å². The van der Waals surface area contributed by atoms with Gasteiger partial charge in [0.25, 0.3) is 0 Å². The van der Waals surface area contributed by atoms with E-state index in [1.807, 2.05) is 37.3 Å². The van der Waals surface area contributed by atoms with E-state index in [0.717, 1.165) is 28.7 Å². The van der Waals surface area contributed by atoms with Crippen molar-refractivity contribution < 1.29 is 0 Å². The smallest absolute Gasteiger partial charge is 0.157 e. The zero-order valence-corrected chi connectivity index (χ0v) is 12.8. The molecular weight excluding hydrogens is 298 g/mol. The lowest BCUT2D eigenvalue weighted by Crippen LogP contribution is -2.21. The Hall–Kier alpha value is -2.40.